The number of aryl methyl sites for hydroxylation is 2. The van der Waals surface area contributed by atoms with Gasteiger partial charge in [0.25, 0.3) is 0 Å². The molecular formula is C16H24N2O. The number of hydrogen-bond acceptors (Lipinski definition) is 2. The third kappa shape index (κ3) is 4.67. The number of benzene rings is 1. The van der Waals surface area contributed by atoms with Crippen LogP contribution in [0.1, 0.15) is 43.2 Å². The Bertz CT molecular complexity index is 416. The molecule has 0 aliphatic carbocycles. The smallest absolute Gasteiger partial charge is 0.224 e. The Morgan fingerprint density at radius 2 is 2.00 bits per heavy atom. The van der Waals surface area contributed by atoms with Crippen molar-refractivity contribution in [3.8, 4) is 0 Å². The summed E-state index contributed by atoms with van der Waals surface area (Å²) in [5, 5.41) is 6.47. The number of carbonyl (C=O) groups is 1. The fourth-order valence-electron chi connectivity index (χ4n) is 2.75. The van der Waals surface area contributed by atoms with Crippen LogP contribution in [0.15, 0.2) is 18.2 Å². The highest BCUT2D eigenvalue weighted by molar-refractivity contribution is 5.90. The molecule has 1 atom stereocenters. The summed E-state index contributed by atoms with van der Waals surface area (Å²) in [4.78, 5) is 11.9. The zero-order valence-electron chi connectivity index (χ0n) is 12.0. The van der Waals surface area contributed by atoms with Gasteiger partial charge in [0.15, 0.2) is 0 Å². The fraction of sp³-hybridized carbons (Fsp3) is 0.562. The van der Waals surface area contributed by atoms with Gasteiger partial charge in [-0.3, -0.25) is 4.79 Å². The molecule has 1 aliphatic heterocycles. The van der Waals surface area contributed by atoms with E-state index in [1.165, 1.54) is 30.4 Å². The van der Waals surface area contributed by atoms with E-state index in [1.54, 1.807) is 0 Å². The third-order valence-corrected chi connectivity index (χ3v) is 3.64. The van der Waals surface area contributed by atoms with E-state index in [1.807, 2.05) is 12.1 Å². The molecule has 1 unspecified atom stereocenters. The molecule has 0 bridgehead atoms. The lowest BCUT2D eigenvalue weighted by Gasteiger charge is -2.23. The number of anilines is 1. The minimum Gasteiger partial charge on any atom is -0.326 e. The van der Waals surface area contributed by atoms with Gasteiger partial charge in [-0.25, -0.2) is 0 Å². The highest BCUT2D eigenvalue weighted by Gasteiger charge is 2.14. The second kappa shape index (κ2) is 6.71. The predicted octanol–water partition coefficient (Wildman–Crippen LogP) is 3.16. The monoisotopic (exact) mass is 260 g/mol. The summed E-state index contributed by atoms with van der Waals surface area (Å²) in [6.45, 7) is 5.20. The Morgan fingerprint density at radius 1 is 1.26 bits per heavy atom. The molecule has 3 heteroatoms. The van der Waals surface area contributed by atoms with Gasteiger partial charge in [0.05, 0.1) is 0 Å². The molecule has 1 heterocycles. The van der Waals surface area contributed by atoms with Crippen molar-refractivity contribution in [2.45, 2.75) is 52.0 Å². The molecule has 1 saturated heterocycles. The van der Waals surface area contributed by atoms with Gasteiger partial charge in [-0.1, -0.05) is 12.5 Å². The average Bonchev–Trinajstić information content (AvgIpc) is 2.36. The first-order valence-corrected chi connectivity index (χ1v) is 7.25. The third-order valence-electron chi connectivity index (χ3n) is 3.64. The SMILES string of the molecule is Cc1cc(C)cc(NC(=O)CCC2CCCCN2)c1. The summed E-state index contributed by atoms with van der Waals surface area (Å²) < 4.78 is 0. The van der Waals surface area contributed by atoms with Gasteiger partial charge in [0, 0.05) is 18.2 Å². The lowest BCUT2D eigenvalue weighted by Crippen LogP contribution is -2.34. The zero-order chi connectivity index (χ0) is 13.7. The highest BCUT2D eigenvalue weighted by atomic mass is 16.1. The Hall–Kier alpha value is -1.35. The molecule has 0 saturated carbocycles. The lowest BCUT2D eigenvalue weighted by atomic mass is 10.0. The van der Waals surface area contributed by atoms with E-state index in [0.717, 1.165) is 18.7 Å². The number of rotatable bonds is 4. The van der Waals surface area contributed by atoms with Crippen molar-refractivity contribution in [2.24, 2.45) is 0 Å². The van der Waals surface area contributed by atoms with Gasteiger partial charge in [0.2, 0.25) is 5.91 Å². The molecule has 0 aromatic heterocycles. The van der Waals surface area contributed by atoms with Gasteiger partial charge >= 0.3 is 0 Å². The van der Waals surface area contributed by atoms with Crippen LogP contribution in [-0.2, 0) is 4.79 Å². The minimum absolute atomic E-state index is 0.123. The molecule has 1 aliphatic rings. The summed E-state index contributed by atoms with van der Waals surface area (Å²) >= 11 is 0. The van der Waals surface area contributed by atoms with Crippen LogP contribution in [0.5, 0.6) is 0 Å². The van der Waals surface area contributed by atoms with Crippen molar-refractivity contribution in [1.29, 1.82) is 0 Å². The molecule has 2 N–H and O–H groups in total. The van der Waals surface area contributed by atoms with Crippen molar-refractivity contribution >= 4 is 11.6 Å². The summed E-state index contributed by atoms with van der Waals surface area (Å²) in [6, 6.07) is 6.67. The predicted molar refractivity (Wildman–Crippen MR) is 79.4 cm³/mol. The second-order valence-corrected chi connectivity index (χ2v) is 5.61. The van der Waals surface area contributed by atoms with Gasteiger partial charge in [-0.2, -0.15) is 0 Å². The maximum absolute atomic E-state index is 11.9. The van der Waals surface area contributed by atoms with Crippen LogP contribution in [-0.4, -0.2) is 18.5 Å². The largest absolute Gasteiger partial charge is 0.326 e. The van der Waals surface area contributed by atoms with Gasteiger partial charge < -0.3 is 10.6 Å². The maximum Gasteiger partial charge on any atom is 0.224 e. The molecule has 19 heavy (non-hydrogen) atoms. The summed E-state index contributed by atoms with van der Waals surface area (Å²) in [5.41, 5.74) is 3.28. The normalized spacial score (nSPS) is 19.2. The van der Waals surface area contributed by atoms with Crippen molar-refractivity contribution < 1.29 is 4.79 Å². The number of hydrogen-bond donors (Lipinski definition) is 2. The van der Waals surface area contributed by atoms with Crippen LogP contribution in [0, 0.1) is 13.8 Å². The average molecular weight is 260 g/mol. The van der Waals surface area contributed by atoms with E-state index in [0.29, 0.717) is 12.5 Å². The summed E-state index contributed by atoms with van der Waals surface area (Å²) in [7, 11) is 0. The Labute approximate surface area is 115 Å². The van der Waals surface area contributed by atoms with E-state index in [9.17, 15) is 4.79 Å². The molecular weight excluding hydrogens is 236 g/mol. The van der Waals surface area contributed by atoms with Crippen LogP contribution < -0.4 is 10.6 Å². The number of nitrogens with one attached hydrogen (secondary N) is 2. The molecule has 1 aromatic carbocycles. The van der Waals surface area contributed by atoms with Crippen LogP contribution in [0.4, 0.5) is 5.69 Å². The first kappa shape index (κ1) is 14.1. The molecule has 0 spiro atoms. The van der Waals surface area contributed by atoms with E-state index >= 15 is 0 Å². The van der Waals surface area contributed by atoms with Crippen LogP contribution in [0.2, 0.25) is 0 Å². The molecule has 104 valence electrons. The lowest BCUT2D eigenvalue weighted by molar-refractivity contribution is -0.116. The summed E-state index contributed by atoms with van der Waals surface area (Å²) in [6.07, 6.45) is 5.31. The van der Waals surface area contributed by atoms with Crippen LogP contribution >= 0.6 is 0 Å². The molecule has 3 nitrogen and oxygen atoms in total. The van der Waals surface area contributed by atoms with Gasteiger partial charge in [0.1, 0.15) is 0 Å². The van der Waals surface area contributed by atoms with Crippen LogP contribution in [0.3, 0.4) is 0 Å². The molecule has 1 amide bonds. The van der Waals surface area contributed by atoms with E-state index in [-0.39, 0.29) is 5.91 Å². The first-order chi connectivity index (χ1) is 9.13. The van der Waals surface area contributed by atoms with Crippen molar-refractivity contribution in [3.05, 3.63) is 29.3 Å². The van der Waals surface area contributed by atoms with Crippen molar-refractivity contribution in [1.82, 2.24) is 5.32 Å². The van der Waals surface area contributed by atoms with E-state index < -0.39 is 0 Å². The molecule has 0 radical (unpaired) electrons. The quantitative estimate of drug-likeness (QED) is 0.873. The molecule has 2 rings (SSSR count). The molecule has 1 aromatic rings. The fourth-order valence-corrected chi connectivity index (χ4v) is 2.75. The Kier molecular flexibility index (Phi) is 4.97. The number of piperidine rings is 1. The zero-order valence-corrected chi connectivity index (χ0v) is 12.0. The van der Waals surface area contributed by atoms with E-state index in [2.05, 4.69) is 30.5 Å². The van der Waals surface area contributed by atoms with Crippen molar-refractivity contribution in [2.75, 3.05) is 11.9 Å². The standard InChI is InChI=1S/C16H24N2O/c1-12-9-13(2)11-15(10-12)18-16(19)7-6-14-5-3-4-8-17-14/h9-11,14,17H,3-8H2,1-2H3,(H,18,19). The van der Waals surface area contributed by atoms with Gasteiger partial charge in [-0.15, -0.1) is 0 Å². The van der Waals surface area contributed by atoms with Crippen LogP contribution in [0.25, 0.3) is 0 Å². The number of amides is 1. The Balaban J connectivity index is 1.80. The minimum atomic E-state index is 0.123. The maximum atomic E-state index is 11.9. The second-order valence-electron chi connectivity index (χ2n) is 5.61. The van der Waals surface area contributed by atoms with E-state index in [4.69, 9.17) is 0 Å². The topological polar surface area (TPSA) is 41.1 Å². The highest BCUT2D eigenvalue weighted by Crippen LogP contribution is 2.15. The molecule has 1 fully saturated rings. The van der Waals surface area contributed by atoms with Gasteiger partial charge in [-0.05, 0) is 62.9 Å². The Morgan fingerprint density at radius 3 is 2.63 bits per heavy atom. The first-order valence-electron chi connectivity index (χ1n) is 7.25. The summed E-state index contributed by atoms with van der Waals surface area (Å²) in [5.74, 6) is 0.123. The number of carbonyl (C=O) groups excluding carboxylic acids is 1. The van der Waals surface area contributed by atoms with Crippen molar-refractivity contribution in [3.63, 3.8) is 0 Å².